The Morgan fingerprint density at radius 3 is 1.25 bits per heavy atom. The molecule has 3 amide bonds. The van der Waals surface area contributed by atoms with Crippen molar-refractivity contribution in [3.05, 3.63) is 175 Å². The molecule has 97 heavy (non-hydrogen) atoms. The summed E-state index contributed by atoms with van der Waals surface area (Å²) in [5.41, 5.74) is 5.02. The number of aliphatic hydroxyl groups is 1. The van der Waals surface area contributed by atoms with Gasteiger partial charge in [0.1, 0.15) is 35.6 Å². The summed E-state index contributed by atoms with van der Waals surface area (Å²) in [6.07, 6.45) is 12.3. The van der Waals surface area contributed by atoms with Gasteiger partial charge in [-0.3, -0.25) is 28.4 Å². The van der Waals surface area contributed by atoms with Crippen LogP contribution < -0.4 is 30.1 Å². The van der Waals surface area contributed by atoms with Gasteiger partial charge in [-0.2, -0.15) is 15.3 Å². The number of carbonyl (C=O) groups excluding carboxylic acids is 3. The fraction of sp³-hybridized carbons (Fsp3) is 0.286. The van der Waals surface area contributed by atoms with Crippen LogP contribution in [0.5, 0.6) is 0 Å². The van der Waals surface area contributed by atoms with Gasteiger partial charge in [0.25, 0.3) is 0 Å². The Kier molecular flexibility index (Phi) is 23.2. The highest BCUT2D eigenvalue weighted by Gasteiger charge is 2.41. The van der Waals surface area contributed by atoms with Gasteiger partial charge in [0.05, 0.1) is 94.6 Å². The van der Waals surface area contributed by atoms with Crippen LogP contribution in [0, 0.1) is 17.5 Å². The quantitative estimate of drug-likeness (QED) is 0.0450. The summed E-state index contributed by atoms with van der Waals surface area (Å²) in [4.78, 5) is 43.9. The Morgan fingerprint density at radius 1 is 0.536 bits per heavy atom. The Balaban J connectivity index is 0.000000158. The average Bonchev–Trinajstić information content (AvgIpc) is 1.77. The number of aryl methyl sites for hydroxylation is 2. The normalized spacial score (nSPS) is 23.8. The first-order valence-corrected chi connectivity index (χ1v) is 38.6. The number of nitrogens with zero attached hydrogens (tertiary/aromatic N) is 9. The maximum Gasteiger partial charge on any atom is 0.242 e. The van der Waals surface area contributed by atoms with Crippen molar-refractivity contribution in [2.45, 2.75) is 89.0 Å². The first kappa shape index (κ1) is 73.0. The minimum Gasteiger partial charge on any atom is -0.394 e. The molecule has 3 aliphatic rings. The summed E-state index contributed by atoms with van der Waals surface area (Å²) in [7, 11) is -3.92. The standard InChI is InChI=1S/C21H23ClFN5O3S2.2C21H23ClFN5O2S2/c1-27-18(21(30)25-14-3-4-16(23)15(22)9-14)10-17(26-33(27,2)31)20-6-5-19(32-20)13-11-24-28(12-13)7-8-29;1-4-28-11-14(10-24-28)13-7-20(31-12-13)18-9-19(27(2)32(3,30)26-18)21(29)25-15-5-6-17(23)16(22)8-15;1-4-28-12-13(11-24-28)19-7-8-20(31-19)17-10-18(27(2)32(3,30)26-17)21(29)25-14-5-6-16(23)15(22)9-14/h3-6,9,11-12,17-18,29H,2,7-8,10H2,1H3,(H,25,30)(H,26,31);5-8,10-12,18-19H,3-4,9H2,1-2H3,(H,25,29)(H,26,30);5-9,11-12,17-18H,3-4,10H2,1-2H3,(H,25,29)(H,26,30)/t17-,18+,33?;18-,19+,32?;17-,18+,32?/m111/s1. The highest BCUT2D eigenvalue weighted by molar-refractivity contribution is 7.97. The second-order valence-electron chi connectivity index (χ2n) is 22.7. The molecule has 0 spiro atoms. The molecule has 0 aliphatic carbocycles. The zero-order chi connectivity index (χ0) is 69.8. The lowest BCUT2D eigenvalue weighted by Gasteiger charge is -2.39. The molecule has 516 valence electrons. The van der Waals surface area contributed by atoms with E-state index in [9.17, 15) is 40.2 Å². The number of hydrogen-bond donors (Lipinski definition) is 7. The van der Waals surface area contributed by atoms with Crippen LogP contribution in [-0.4, -0.2) is 141 Å². The first-order chi connectivity index (χ1) is 46.0. The van der Waals surface area contributed by atoms with Crippen LogP contribution in [0.3, 0.4) is 0 Å². The molecule has 9 heterocycles. The molecule has 3 aliphatic heterocycles. The Morgan fingerprint density at radius 2 is 0.887 bits per heavy atom. The Hall–Kier alpha value is -6.76. The monoisotopic (exact) mass is 1500 g/mol. The Bertz CT molecular complexity index is 4520. The molecule has 0 radical (unpaired) electrons. The molecule has 6 aromatic heterocycles. The smallest absolute Gasteiger partial charge is 0.242 e. The minimum atomic E-state index is -2.92. The third kappa shape index (κ3) is 17.3. The number of aliphatic hydroxyl groups excluding tert-OH is 1. The number of halogens is 6. The molecule has 3 fully saturated rings. The molecular weight excluding hydrogens is 1430 g/mol. The predicted molar refractivity (Wildman–Crippen MR) is 387 cm³/mol. The lowest BCUT2D eigenvalue weighted by atomic mass is 10.0. The highest BCUT2D eigenvalue weighted by Crippen LogP contribution is 2.40. The number of rotatable bonds is 16. The van der Waals surface area contributed by atoms with Crippen LogP contribution in [-0.2, 0) is 63.7 Å². The van der Waals surface area contributed by atoms with Gasteiger partial charge < -0.3 is 21.1 Å². The van der Waals surface area contributed by atoms with Gasteiger partial charge in [-0.05, 0) is 147 Å². The molecule has 22 nitrogen and oxygen atoms in total. The fourth-order valence-electron chi connectivity index (χ4n) is 10.7. The first-order valence-electron chi connectivity index (χ1n) is 29.9. The van der Waals surface area contributed by atoms with E-state index in [2.05, 4.69) is 63.0 Å². The number of amides is 3. The molecular formula is C63H69Cl3F3N15O7S6. The van der Waals surface area contributed by atoms with Crippen molar-refractivity contribution < 1.29 is 45.3 Å². The second kappa shape index (κ2) is 30.8. The zero-order valence-electron chi connectivity index (χ0n) is 52.8. The van der Waals surface area contributed by atoms with Crippen molar-refractivity contribution in [3.8, 4) is 32.0 Å². The summed E-state index contributed by atoms with van der Waals surface area (Å²) in [5.74, 6) is 8.61. The van der Waals surface area contributed by atoms with E-state index in [0.29, 0.717) is 42.9 Å². The number of hydrogen-bond acceptors (Lipinski definition) is 13. The van der Waals surface area contributed by atoms with E-state index >= 15 is 0 Å². The summed E-state index contributed by atoms with van der Waals surface area (Å²) < 4.78 is 98.7. The average molecular weight is 1500 g/mol. The third-order valence-corrected chi connectivity index (χ3v) is 26.1. The largest absolute Gasteiger partial charge is 0.394 e. The van der Waals surface area contributed by atoms with E-state index in [1.165, 1.54) is 90.2 Å². The summed E-state index contributed by atoms with van der Waals surface area (Å²) in [6, 6.07) is 18.6. The van der Waals surface area contributed by atoms with Crippen LogP contribution >= 0.6 is 68.8 Å². The highest BCUT2D eigenvalue weighted by atomic mass is 35.5. The van der Waals surface area contributed by atoms with Crippen molar-refractivity contribution in [2.75, 3.05) is 43.7 Å². The van der Waals surface area contributed by atoms with Crippen LogP contribution in [0.4, 0.5) is 30.2 Å². The summed E-state index contributed by atoms with van der Waals surface area (Å²) in [6.45, 7) is 6.03. The molecule has 34 heteroatoms. The van der Waals surface area contributed by atoms with Crippen LogP contribution in [0.15, 0.2) is 127 Å². The van der Waals surface area contributed by atoms with Gasteiger partial charge in [0.15, 0.2) is 0 Å². The van der Waals surface area contributed by atoms with Gasteiger partial charge in [0, 0.05) is 111 Å². The van der Waals surface area contributed by atoms with Gasteiger partial charge in [-0.15, -0.1) is 34.0 Å². The molecule has 12 rings (SSSR count). The number of anilines is 3. The molecule has 3 saturated heterocycles. The maximum atomic E-state index is 13.4. The summed E-state index contributed by atoms with van der Waals surface area (Å²) >= 11 is 22.0. The molecule has 0 saturated carbocycles. The third-order valence-electron chi connectivity index (χ3n) is 16.2. The molecule has 9 aromatic rings. The molecule has 7 N–H and O–H groups in total. The number of thiophene rings is 3. The minimum absolute atomic E-state index is 0.00175. The van der Waals surface area contributed by atoms with Crippen LogP contribution in [0.25, 0.3) is 32.0 Å². The second-order valence-corrected chi connectivity index (χ2v) is 33.4. The number of likely N-dealkylation sites (N-methyl/N-ethyl adjacent to an activating group) is 3. The molecule has 3 unspecified atom stereocenters. The van der Waals surface area contributed by atoms with Gasteiger partial charge in [0.2, 0.25) is 17.7 Å². The topological polar surface area (TPSA) is 258 Å². The number of benzene rings is 3. The van der Waals surface area contributed by atoms with Gasteiger partial charge in [-0.25, -0.2) is 52.9 Å². The van der Waals surface area contributed by atoms with E-state index in [1.807, 2.05) is 89.9 Å². The van der Waals surface area contributed by atoms with Crippen LogP contribution in [0.2, 0.25) is 15.1 Å². The number of nitrogens with one attached hydrogen (secondary N) is 6. The van der Waals surface area contributed by atoms with E-state index < -0.39 is 65.3 Å². The van der Waals surface area contributed by atoms with Gasteiger partial charge >= 0.3 is 0 Å². The number of carbonyl (C=O) groups is 3. The van der Waals surface area contributed by atoms with Crippen LogP contribution in [0.1, 0.15) is 65.9 Å². The number of aromatic nitrogens is 6. The van der Waals surface area contributed by atoms with Crippen molar-refractivity contribution in [1.82, 2.24) is 56.4 Å². The van der Waals surface area contributed by atoms with Crippen molar-refractivity contribution in [3.63, 3.8) is 0 Å². The molecule has 9 atom stereocenters. The fourth-order valence-corrected chi connectivity index (χ4v) is 18.8. The van der Waals surface area contributed by atoms with E-state index in [-0.39, 0.29) is 57.5 Å². The van der Waals surface area contributed by atoms with E-state index in [0.717, 1.165) is 59.7 Å². The predicted octanol–water partition coefficient (Wildman–Crippen LogP) is 10.8. The summed E-state index contributed by atoms with van der Waals surface area (Å²) in [5, 5.41) is 31.9. The van der Waals surface area contributed by atoms with E-state index in [1.54, 1.807) is 43.4 Å². The van der Waals surface area contributed by atoms with Crippen molar-refractivity contribution >= 4 is 151 Å². The van der Waals surface area contributed by atoms with Crippen molar-refractivity contribution in [2.24, 2.45) is 0 Å². The maximum absolute atomic E-state index is 13.4. The zero-order valence-corrected chi connectivity index (χ0v) is 60.0. The molecule has 3 aromatic carbocycles. The lowest BCUT2D eigenvalue weighted by Crippen LogP contribution is -2.55. The van der Waals surface area contributed by atoms with E-state index in [4.69, 9.17) is 39.9 Å². The van der Waals surface area contributed by atoms with Crippen molar-refractivity contribution in [1.29, 1.82) is 0 Å². The molecule has 0 bridgehead atoms. The Labute approximate surface area is 587 Å². The lowest BCUT2D eigenvalue weighted by molar-refractivity contribution is -0.120. The van der Waals surface area contributed by atoms with Gasteiger partial charge in [-0.1, -0.05) is 34.8 Å². The SMILES string of the molecule is C=S1(=O)N[C@@H](c2cc(-c3cnn(CC)c3)cs2)C[C@@H](C(=O)Nc2ccc(F)c(Cl)c2)N1C.C=S1(=O)N[C@@H](c2ccc(-c3cnn(CC)c3)s2)C[C@@H](C(=O)Nc2ccc(F)c(Cl)c2)N1C.C=S1(=O)N[C@@H](c2ccc(-c3cnn(CCO)c3)s2)C[C@@H](C(=O)Nc2ccc(F)c(Cl)c2)N1C.